The zero-order valence-corrected chi connectivity index (χ0v) is 11.7. The maximum Gasteiger partial charge on any atom is 0.154 e. The number of nitrogens with zero attached hydrogens (tertiary/aromatic N) is 1. The summed E-state index contributed by atoms with van der Waals surface area (Å²) in [5.41, 5.74) is 2.11. The second-order valence-electron chi connectivity index (χ2n) is 5.65. The summed E-state index contributed by atoms with van der Waals surface area (Å²) in [7, 11) is 0. The number of nitriles is 1. The first-order valence-corrected chi connectivity index (χ1v) is 6.43. The van der Waals surface area contributed by atoms with Crippen LogP contribution in [-0.4, -0.2) is 5.78 Å². The number of rotatable bonds is 4. The van der Waals surface area contributed by atoms with Crippen molar-refractivity contribution in [1.29, 1.82) is 5.26 Å². The van der Waals surface area contributed by atoms with E-state index in [4.69, 9.17) is 5.26 Å². The fraction of sp³-hybridized carbons (Fsp3) is 0.500. The number of hydrogen-bond donors (Lipinski definition) is 0. The Labute approximate surface area is 110 Å². The molecule has 0 saturated heterocycles. The molecule has 2 nitrogen and oxygen atoms in total. The average molecular weight is 243 g/mol. The van der Waals surface area contributed by atoms with E-state index in [1.165, 1.54) is 5.56 Å². The Bertz CT molecular complexity index is 445. The number of carbonyl (C=O) groups excluding carboxylic acids is 1. The fourth-order valence-electron chi connectivity index (χ4n) is 1.90. The van der Waals surface area contributed by atoms with Gasteiger partial charge in [0.1, 0.15) is 5.92 Å². The number of Topliss-reactive ketones (excluding diaryl/α,β-unsaturated/α-hetero) is 1. The quantitative estimate of drug-likeness (QED) is 0.803. The summed E-state index contributed by atoms with van der Waals surface area (Å²) >= 11 is 0. The lowest BCUT2D eigenvalue weighted by molar-refractivity contribution is -0.119. The highest BCUT2D eigenvalue weighted by Crippen LogP contribution is 2.25. The molecule has 0 aliphatic rings. The maximum absolute atomic E-state index is 11.8. The van der Waals surface area contributed by atoms with Crippen LogP contribution >= 0.6 is 0 Å². The highest BCUT2D eigenvalue weighted by molar-refractivity contribution is 5.88. The average Bonchev–Trinajstić information content (AvgIpc) is 2.30. The van der Waals surface area contributed by atoms with E-state index in [1.54, 1.807) is 0 Å². The molecule has 2 heteroatoms. The summed E-state index contributed by atoms with van der Waals surface area (Å²) in [4.78, 5) is 11.8. The fourth-order valence-corrected chi connectivity index (χ4v) is 1.90. The molecule has 96 valence electrons. The van der Waals surface area contributed by atoms with Crippen LogP contribution in [-0.2, 0) is 10.2 Å². The number of hydrogen-bond acceptors (Lipinski definition) is 2. The number of benzene rings is 1. The van der Waals surface area contributed by atoms with E-state index in [0.717, 1.165) is 12.0 Å². The SMILES string of the molecule is CCCC(=O)C(C#N)c1ccc(C(C)(C)C)cc1. The predicted octanol–water partition coefficient (Wildman–Crippen LogP) is 3.96. The third kappa shape index (κ3) is 3.43. The van der Waals surface area contributed by atoms with Crippen molar-refractivity contribution in [2.75, 3.05) is 0 Å². The van der Waals surface area contributed by atoms with Gasteiger partial charge in [0.15, 0.2) is 5.78 Å². The van der Waals surface area contributed by atoms with Crippen LogP contribution in [0, 0.1) is 11.3 Å². The zero-order chi connectivity index (χ0) is 13.8. The van der Waals surface area contributed by atoms with Crippen LogP contribution in [0.5, 0.6) is 0 Å². The summed E-state index contributed by atoms with van der Waals surface area (Å²) < 4.78 is 0. The van der Waals surface area contributed by atoms with Crippen LogP contribution in [0.15, 0.2) is 24.3 Å². The van der Waals surface area contributed by atoms with Gasteiger partial charge >= 0.3 is 0 Å². The van der Waals surface area contributed by atoms with Crippen molar-refractivity contribution in [2.45, 2.75) is 51.9 Å². The topological polar surface area (TPSA) is 40.9 Å². The van der Waals surface area contributed by atoms with Crippen LogP contribution < -0.4 is 0 Å². The third-order valence-electron chi connectivity index (χ3n) is 3.06. The van der Waals surface area contributed by atoms with Crippen molar-refractivity contribution in [2.24, 2.45) is 0 Å². The van der Waals surface area contributed by atoms with E-state index in [9.17, 15) is 4.79 Å². The van der Waals surface area contributed by atoms with Crippen molar-refractivity contribution in [3.63, 3.8) is 0 Å². The molecule has 1 unspecified atom stereocenters. The summed E-state index contributed by atoms with van der Waals surface area (Å²) in [6.07, 6.45) is 1.26. The van der Waals surface area contributed by atoms with Crippen LogP contribution in [0.4, 0.5) is 0 Å². The van der Waals surface area contributed by atoms with E-state index < -0.39 is 5.92 Å². The third-order valence-corrected chi connectivity index (χ3v) is 3.06. The summed E-state index contributed by atoms with van der Waals surface area (Å²) in [5, 5.41) is 9.13. The Morgan fingerprint density at radius 3 is 2.22 bits per heavy atom. The molecule has 0 radical (unpaired) electrons. The molecule has 0 bridgehead atoms. The highest BCUT2D eigenvalue weighted by Gasteiger charge is 2.20. The molecule has 0 aromatic heterocycles. The van der Waals surface area contributed by atoms with Gasteiger partial charge in [-0.25, -0.2) is 0 Å². The molecule has 0 aliphatic heterocycles. The summed E-state index contributed by atoms with van der Waals surface area (Å²) in [6.45, 7) is 8.39. The Kier molecular flexibility index (Phi) is 4.67. The van der Waals surface area contributed by atoms with Crippen LogP contribution in [0.2, 0.25) is 0 Å². The molecule has 1 aromatic rings. The minimum absolute atomic E-state index is 0.0171. The molecule has 1 aromatic carbocycles. The van der Waals surface area contributed by atoms with Crippen LogP contribution in [0.1, 0.15) is 57.6 Å². The molecule has 0 N–H and O–H groups in total. The first-order chi connectivity index (χ1) is 8.40. The Morgan fingerprint density at radius 1 is 1.28 bits per heavy atom. The molecule has 0 aliphatic carbocycles. The summed E-state index contributed by atoms with van der Waals surface area (Å²) in [6, 6.07) is 9.95. The lowest BCUT2D eigenvalue weighted by Crippen LogP contribution is -2.13. The zero-order valence-electron chi connectivity index (χ0n) is 11.7. The number of carbonyl (C=O) groups is 1. The molecule has 0 amide bonds. The van der Waals surface area contributed by atoms with E-state index in [-0.39, 0.29) is 11.2 Å². The van der Waals surface area contributed by atoms with Gasteiger partial charge in [-0.15, -0.1) is 0 Å². The normalized spacial score (nSPS) is 12.8. The van der Waals surface area contributed by atoms with Gasteiger partial charge in [0, 0.05) is 6.42 Å². The Balaban J connectivity index is 2.97. The van der Waals surface area contributed by atoms with Crippen molar-refractivity contribution < 1.29 is 4.79 Å². The van der Waals surface area contributed by atoms with E-state index in [2.05, 4.69) is 26.8 Å². The molecule has 0 saturated carbocycles. The summed E-state index contributed by atoms with van der Waals surface area (Å²) in [5.74, 6) is -0.595. The van der Waals surface area contributed by atoms with Crippen molar-refractivity contribution in [3.8, 4) is 6.07 Å². The largest absolute Gasteiger partial charge is 0.298 e. The van der Waals surface area contributed by atoms with E-state index >= 15 is 0 Å². The van der Waals surface area contributed by atoms with Gasteiger partial charge in [0.25, 0.3) is 0 Å². The lowest BCUT2D eigenvalue weighted by atomic mass is 9.85. The molecule has 0 spiro atoms. The van der Waals surface area contributed by atoms with Crippen molar-refractivity contribution >= 4 is 5.78 Å². The van der Waals surface area contributed by atoms with Crippen molar-refractivity contribution in [3.05, 3.63) is 35.4 Å². The van der Waals surface area contributed by atoms with Crippen LogP contribution in [0.3, 0.4) is 0 Å². The van der Waals surface area contributed by atoms with E-state index in [0.29, 0.717) is 6.42 Å². The van der Waals surface area contributed by atoms with Gasteiger partial charge < -0.3 is 0 Å². The van der Waals surface area contributed by atoms with Crippen molar-refractivity contribution in [1.82, 2.24) is 0 Å². The highest BCUT2D eigenvalue weighted by atomic mass is 16.1. The first-order valence-electron chi connectivity index (χ1n) is 6.43. The van der Waals surface area contributed by atoms with Gasteiger partial charge in [-0.1, -0.05) is 52.0 Å². The molecule has 18 heavy (non-hydrogen) atoms. The standard InChI is InChI=1S/C16H21NO/c1-5-6-15(18)14(11-17)12-7-9-13(10-8-12)16(2,3)4/h7-10,14H,5-6H2,1-4H3. The van der Waals surface area contributed by atoms with Crippen LogP contribution in [0.25, 0.3) is 0 Å². The molecule has 0 heterocycles. The molecule has 0 fully saturated rings. The number of ketones is 1. The molecular formula is C16H21NO. The van der Waals surface area contributed by atoms with Gasteiger partial charge in [0.05, 0.1) is 6.07 Å². The second kappa shape index (κ2) is 5.82. The molecule has 1 atom stereocenters. The Hall–Kier alpha value is -1.62. The maximum atomic E-state index is 11.8. The predicted molar refractivity (Wildman–Crippen MR) is 73.4 cm³/mol. The smallest absolute Gasteiger partial charge is 0.154 e. The minimum atomic E-state index is -0.612. The molecule has 1 rings (SSSR count). The Morgan fingerprint density at radius 2 is 1.83 bits per heavy atom. The van der Waals surface area contributed by atoms with Gasteiger partial charge in [0.2, 0.25) is 0 Å². The van der Waals surface area contributed by atoms with Gasteiger partial charge in [-0.05, 0) is 23.0 Å². The van der Waals surface area contributed by atoms with Gasteiger partial charge in [-0.2, -0.15) is 5.26 Å². The van der Waals surface area contributed by atoms with Gasteiger partial charge in [-0.3, -0.25) is 4.79 Å². The second-order valence-corrected chi connectivity index (χ2v) is 5.65. The monoisotopic (exact) mass is 243 g/mol. The van der Waals surface area contributed by atoms with E-state index in [1.807, 2.05) is 31.2 Å². The first kappa shape index (κ1) is 14.4. The minimum Gasteiger partial charge on any atom is -0.298 e. The molecular weight excluding hydrogens is 222 g/mol. The lowest BCUT2D eigenvalue weighted by Gasteiger charge is -2.19.